The van der Waals surface area contributed by atoms with Crippen LogP contribution >= 0.6 is 15.9 Å². The first-order valence-electron chi connectivity index (χ1n) is 6.75. The van der Waals surface area contributed by atoms with Crippen molar-refractivity contribution in [2.45, 2.75) is 18.5 Å². The smallest absolute Gasteiger partial charge is 0.434 e. The van der Waals surface area contributed by atoms with Gasteiger partial charge in [0.15, 0.2) is 0 Å². The molecule has 26 heavy (non-hydrogen) atoms. The second kappa shape index (κ2) is 7.51. The summed E-state index contributed by atoms with van der Waals surface area (Å²) in [5.41, 5.74) is 0.440. The van der Waals surface area contributed by atoms with Gasteiger partial charge < -0.3 is 15.4 Å². The Kier molecular flexibility index (Phi) is 5.78. The highest BCUT2D eigenvalue weighted by Crippen LogP contribution is 2.36. The number of hydrogen-bond acceptors (Lipinski definition) is 6. The topological polar surface area (TPSA) is 72.0 Å². The van der Waals surface area contributed by atoms with Crippen molar-refractivity contribution in [3.05, 3.63) is 28.7 Å². The number of ether oxygens (including phenoxy) is 1. The van der Waals surface area contributed by atoms with E-state index in [-0.39, 0.29) is 11.9 Å². The van der Waals surface area contributed by atoms with Crippen LogP contribution in [-0.2, 0) is 0 Å². The maximum atomic E-state index is 12.6. The molecule has 2 N–H and O–H groups in total. The van der Waals surface area contributed by atoms with Gasteiger partial charge in [-0.25, -0.2) is 0 Å². The number of anilines is 3. The van der Waals surface area contributed by atoms with Crippen molar-refractivity contribution in [3.63, 3.8) is 0 Å². The average Bonchev–Trinajstić information content (AvgIpc) is 2.52. The van der Waals surface area contributed by atoms with E-state index in [1.165, 1.54) is 7.05 Å². The van der Waals surface area contributed by atoms with Crippen LogP contribution in [0.25, 0.3) is 0 Å². The molecule has 0 saturated heterocycles. The molecule has 1 aromatic carbocycles. The summed E-state index contributed by atoms with van der Waals surface area (Å²) in [4.78, 5) is 10.6. The van der Waals surface area contributed by atoms with Gasteiger partial charge in [-0.05, 0) is 24.3 Å². The molecule has 2 rings (SSSR count). The molecule has 0 spiro atoms. The Morgan fingerprint density at radius 2 is 1.46 bits per heavy atom. The Morgan fingerprint density at radius 3 is 1.96 bits per heavy atom. The first-order chi connectivity index (χ1) is 12.0. The van der Waals surface area contributed by atoms with Gasteiger partial charge in [-0.3, -0.25) is 0 Å². The van der Waals surface area contributed by atoms with Gasteiger partial charge >= 0.3 is 18.4 Å². The lowest BCUT2D eigenvalue weighted by Gasteiger charge is -2.22. The molecule has 0 fully saturated rings. The predicted molar refractivity (Wildman–Crippen MR) is 83.3 cm³/mol. The van der Waals surface area contributed by atoms with E-state index in [4.69, 9.17) is 0 Å². The highest BCUT2D eigenvalue weighted by atomic mass is 79.9. The largest absolute Gasteiger partial charge is 0.440 e. The Morgan fingerprint density at radius 1 is 0.923 bits per heavy atom. The molecular formula is C13H10BrF6N5O. The summed E-state index contributed by atoms with van der Waals surface area (Å²) < 4.78 is 80.4. The fraction of sp³-hybridized carbons (Fsp3) is 0.308. The molecule has 142 valence electrons. The normalized spacial score (nSPS) is 12.2. The van der Waals surface area contributed by atoms with Gasteiger partial charge in [0.05, 0.1) is 0 Å². The maximum Gasteiger partial charge on any atom is 0.434 e. The van der Waals surface area contributed by atoms with Crippen LogP contribution < -0.4 is 15.4 Å². The first-order valence-corrected chi connectivity index (χ1v) is 7.55. The number of alkyl halides is 6. The molecule has 0 atom stereocenters. The van der Waals surface area contributed by atoms with E-state index in [1.54, 1.807) is 24.3 Å². The van der Waals surface area contributed by atoms with Gasteiger partial charge in [0, 0.05) is 17.2 Å². The molecule has 0 saturated carbocycles. The van der Waals surface area contributed by atoms with Gasteiger partial charge in [0.2, 0.25) is 11.9 Å². The molecular weight excluding hydrogens is 436 g/mol. The molecule has 2 aromatic rings. The average molecular weight is 446 g/mol. The molecule has 0 aliphatic carbocycles. The van der Waals surface area contributed by atoms with Gasteiger partial charge in [-0.2, -0.15) is 41.3 Å². The van der Waals surface area contributed by atoms with Crippen molar-refractivity contribution in [3.8, 4) is 6.01 Å². The molecule has 1 heterocycles. The number of rotatable bonds is 5. The Balaban J connectivity index is 2.32. The molecule has 0 aliphatic heterocycles. The number of nitrogens with zero attached hydrogens (tertiary/aromatic N) is 3. The van der Waals surface area contributed by atoms with Crippen LogP contribution in [0.2, 0.25) is 0 Å². The number of aromatic nitrogens is 3. The third-order valence-corrected chi connectivity index (χ3v) is 3.29. The second-order valence-corrected chi connectivity index (χ2v) is 5.64. The molecule has 13 heteroatoms. The van der Waals surface area contributed by atoms with Crippen molar-refractivity contribution in [1.82, 2.24) is 15.0 Å². The van der Waals surface area contributed by atoms with Crippen LogP contribution in [0.5, 0.6) is 6.01 Å². The molecule has 0 aliphatic rings. The van der Waals surface area contributed by atoms with Gasteiger partial charge in [0.25, 0.3) is 6.10 Å². The minimum atomic E-state index is -5.69. The van der Waals surface area contributed by atoms with Crippen molar-refractivity contribution in [2.24, 2.45) is 0 Å². The summed E-state index contributed by atoms with van der Waals surface area (Å²) >= 11 is 3.22. The van der Waals surface area contributed by atoms with Gasteiger partial charge in [-0.1, -0.05) is 15.9 Å². The zero-order chi connectivity index (χ0) is 19.5. The fourth-order valence-electron chi connectivity index (χ4n) is 1.66. The lowest BCUT2D eigenvalue weighted by Crippen LogP contribution is -2.46. The van der Waals surface area contributed by atoms with Crippen molar-refractivity contribution in [1.29, 1.82) is 0 Å². The molecule has 0 radical (unpaired) electrons. The van der Waals surface area contributed by atoms with Crippen LogP contribution in [0, 0.1) is 0 Å². The monoisotopic (exact) mass is 445 g/mol. The zero-order valence-corrected chi connectivity index (χ0v) is 14.4. The molecule has 1 aromatic heterocycles. The van der Waals surface area contributed by atoms with Crippen LogP contribution in [-0.4, -0.2) is 40.5 Å². The minimum absolute atomic E-state index is 0.280. The molecule has 6 nitrogen and oxygen atoms in total. The standard InChI is InChI=1S/C13H10BrF6N5O/c1-21-9-23-10(22-7-4-2-6(14)3-5-7)25-11(24-9)26-8(12(15,16)17)13(18,19)20/h2-5,8H,1H3,(H2,21,22,23,24,25). The summed E-state index contributed by atoms with van der Waals surface area (Å²) in [6.45, 7) is 0. The van der Waals surface area contributed by atoms with Crippen LogP contribution in [0.3, 0.4) is 0 Å². The summed E-state index contributed by atoms with van der Waals surface area (Å²) in [6, 6.07) is 5.35. The van der Waals surface area contributed by atoms with Crippen LogP contribution in [0.1, 0.15) is 0 Å². The van der Waals surface area contributed by atoms with Gasteiger partial charge in [0.1, 0.15) is 0 Å². The Hall–Kier alpha value is -2.31. The summed E-state index contributed by atoms with van der Waals surface area (Å²) in [7, 11) is 1.33. The Labute approximate surface area is 151 Å². The lowest BCUT2D eigenvalue weighted by molar-refractivity contribution is -0.301. The molecule has 0 amide bonds. The lowest BCUT2D eigenvalue weighted by atomic mass is 10.3. The van der Waals surface area contributed by atoms with E-state index < -0.39 is 24.5 Å². The highest BCUT2D eigenvalue weighted by molar-refractivity contribution is 9.10. The maximum absolute atomic E-state index is 12.6. The summed E-state index contributed by atoms with van der Waals surface area (Å²) in [6.07, 6.45) is -15.4. The van der Waals surface area contributed by atoms with E-state index in [2.05, 4.69) is 46.3 Å². The van der Waals surface area contributed by atoms with Crippen molar-refractivity contribution >= 4 is 33.5 Å². The predicted octanol–water partition coefficient (Wildman–Crippen LogP) is 4.29. The number of hydrogen-bond donors (Lipinski definition) is 2. The second-order valence-electron chi connectivity index (χ2n) is 4.73. The molecule has 0 bridgehead atoms. The number of halogens is 7. The first kappa shape index (κ1) is 20.0. The fourth-order valence-corrected chi connectivity index (χ4v) is 1.93. The third kappa shape index (κ3) is 5.34. The quantitative estimate of drug-likeness (QED) is 0.668. The van der Waals surface area contributed by atoms with E-state index >= 15 is 0 Å². The van der Waals surface area contributed by atoms with E-state index in [9.17, 15) is 26.3 Å². The van der Waals surface area contributed by atoms with Gasteiger partial charge in [-0.15, -0.1) is 0 Å². The number of benzene rings is 1. The highest BCUT2D eigenvalue weighted by Gasteiger charge is 2.59. The van der Waals surface area contributed by atoms with E-state index in [1.807, 2.05) is 0 Å². The zero-order valence-electron chi connectivity index (χ0n) is 12.8. The van der Waals surface area contributed by atoms with Crippen LogP contribution in [0.15, 0.2) is 28.7 Å². The Bertz CT molecular complexity index is 738. The van der Waals surface area contributed by atoms with Crippen molar-refractivity contribution in [2.75, 3.05) is 17.7 Å². The van der Waals surface area contributed by atoms with Crippen LogP contribution in [0.4, 0.5) is 43.9 Å². The summed E-state index contributed by atoms with van der Waals surface area (Å²) in [5.74, 6) is -0.581. The number of nitrogens with one attached hydrogen (secondary N) is 2. The minimum Gasteiger partial charge on any atom is -0.440 e. The molecule has 0 unspecified atom stereocenters. The van der Waals surface area contributed by atoms with E-state index in [0.717, 1.165) is 4.47 Å². The SMILES string of the molecule is CNc1nc(Nc2ccc(Br)cc2)nc(OC(C(F)(F)F)C(F)(F)F)n1. The third-order valence-electron chi connectivity index (χ3n) is 2.76. The summed E-state index contributed by atoms with van der Waals surface area (Å²) in [5, 5.41) is 5.03. The van der Waals surface area contributed by atoms with E-state index in [0.29, 0.717) is 5.69 Å². The van der Waals surface area contributed by atoms with Crippen molar-refractivity contribution < 1.29 is 31.1 Å².